The van der Waals surface area contributed by atoms with E-state index in [2.05, 4.69) is 33.0 Å². The van der Waals surface area contributed by atoms with Gasteiger partial charge >= 0.3 is 0 Å². The molecule has 0 saturated carbocycles. The second kappa shape index (κ2) is 11.4. The lowest BCUT2D eigenvalue weighted by atomic mass is 10.0. The molecule has 0 heterocycles. The lowest BCUT2D eigenvalue weighted by Crippen LogP contribution is -2.32. The van der Waals surface area contributed by atoms with E-state index in [1.165, 1.54) is 0 Å². The fraction of sp³-hybridized carbons (Fsp3) is 0.440. The number of ether oxygens (including phenoxy) is 1. The summed E-state index contributed by atoms with van der Waals surface area (Å²) in [6.45, 7) is 11.7. The highest BCUT2D eigenvalue weighted by atomic mass is 16.5. The van der Waals surface area contributed by atoms with Crippen LogP contribution in [0.4, 0.5) is 5.69 Å². The Balaban J connectivity index is 2.04. The predicted molar refractivity (Wildman–Crippen MR) is 122 cm³/mol. The van der Waals surface area contributed by atoms with Crippen molar-refractivity contribution in [2.45, 2.75) is 53.4 Å². The zero-order valence-corrected chi connectivity index (χ0v) is 18.8. The van der Waals surface area contributed by atoms with Crippen LogP contribution in [0, 0.1) is 6.92 Å². The number of nitrogens with one attached hydrogen (secondary N) is 1. The van der Waals surface area contributed by atoms with Crippen LogP contribution in [0.25, 0.3) is 0 Å². The molecule has 2 amide bonds. The summed E-state index contributed by atoms with van der Waals surface area (Å²) in [4.78, 5) is 27.1. The molecular formula is C25H34N2O3. The van der Waals surface area contributed by atoms with E-state index in [4.69, 9.17) is 4.74 Å². The molecule has 2 aromatic rings. The maximum atomic E-state index is 12.8. The molecule has 0 aliphatic carbocycles. The van der Waals surface area contributed by atoms with E-state index in [0.29, 0.717) is 17.2 Å². The molecule has 0 radical (unpaired) electrons. The number of hydrogen-bond acceptors (Lipinski definition) is 3. The van der Waals surface area contributed by atoms with Crippen molar-refractivity contribution in [2.75, 3.05) is 25.0 Å². The van der Waals surface area contributed by atoms with Gasteiger partial charge in [-0.1, -0.05) is 45.9 Å². The monoisotopic (exact) mass is 410 g/mol. The summed E-state index contributed by atoms with van der Waals surface area (Å²) in [6.07, 6.45) is 1.83. The van der Waals surface area contributed by atoms with Crippen LogP contribution >= 0.6 is 0 Å². The highest BCUT2D eigenvalue weighted by molar-refractivity contribution is 5.97. The number of amides is 2. The summed E-state index contributed by atoms with van der Waals surface area (Å²) < 4.78 is 5.81. The summed E-state index contributed by atoms with van der Waals surface area (Å²) >= 11 is 0. The third-order valence-corrected chi connectivity index (χ3v) is 4.82. The predicted octanol–water partition coefficient (Wildman–Crippen LogP) is 5.40. The number of benzene rings is 2. The van der Waals surface area contributed by atoms with Gasteiger partial charge in [-0.15, -0.1) is 0 Å². The van der Waals surface area contributed by atoms with Gasteiger partial charge in [0.05, 0.1) is 0 Å². The van der Waals surface area contributed by atoms with Gasteiger partial charge in [0.2, 0.25) is 0 Å². The number of hydrogen-bond donors (Lipinski definition) is 1. The SMILES string of the molecule is CCCN(CCC)C(=O)c1cccc(NC(=O)COc2cc(C)ccc2C(C)C)c1. The average molecular weight is 411 g/mol. The quantitative estimate of drug-likeness (QED) is 0.571. The van der Waals surface area contributed by atoms with Crippen molar-refractivity contribution >= 4 is 17.5 Å². The first-order valence-corrected chi connectivity index (χ1v) is 10.8. The van der Waals surface area contributed by atoms with E-state index in [0.717, 1.165) is 42.8 Å². The van der Waals surface area contributed by atoms with Crippen LogP contribution in [0.3, 0.4) is 0 Å². The van der Waals surface area contributed by atoms with Gasteiger partial charge in [-0.3, -0.25) is 9.59 Å². The van der Waals surface area contributed by atoms with Crippen LogP contribution in [0.5, 0.6) is 5.75 Å². The fourth-order valence-corrected chi connectivity index (χ4v) is 3.35. The Morgan fingerprint density at radius 2 is 1.73 bits per heavy atom. The normalized spacial score (nSPS) is 10.7. The number of carbonyl (C=O) groups is 2. The highest BCUT2D eigenvalue weighted by Crippen LogP contribution is 2.27. The Bertz CT molecular complexity index is 855. The van der Waals surface area contributed by atoms with Crippen LogP contribution in [0.15, 0.2) is 42.5 Å². The van der Waals surface area contributed by atoms with E-state index in [-0.39, 0.29) is 18.4 Å². The Morgan fingerprint density at radius 3 is 2.37 bits per heavy atom. The average Bonchev–Trinajstić information content (AvgIpc) is 2.71. The molecule has 0 aromatic heterocycles. The van der Waals surface area contributed by atoms with Gasteiger partial charge in [-0.2, -0.15) is 0 Å². The molecule has 162 valence electrons. The van der Waals surface area contributed by atoms with Crippen LogP contribution < -0.4 is 10.1 Å². The summed E-state index contributed by atoms with van der Waals surface area (Å²) in [5.41, 5.74) is 3.34. The van der Waals surface area contributed by atoms with Gasteiger partial charge in [0.1, 0.15) is 5.75 Å². The summed E-state index contributed by atoms with van der Waals surface area (Å²) in [5.74, 6) is 0.779. The van der Waals surface area contributed by atoms with Gasteiger partial charge < -0.3 is 15.0 Å². The smallest absolute Gasteiger partial charge is 0.262 e. The number of rotatable bonds is 10. The Kier molecular flexibility index (Phi) is 8.90. The molecular weight excluding hydrogens is 376 g/mol. The van der Waals surface area contributed by atoms with Crippen LogP contribution in [-0.4, -0.2) is 36.4 Å². The molecule has 0 saturated heterocycles. The maximum Gasteiger partial charge on any atom is 0.262 e. The zero-order valence-electron chi connectivity index (χ0n) is 18.8. The molecule has 0 spiro atoms. The summed E-state index contributed by atoms with van der Waals surface area (Å²) in [5, 5.41) is 2.84. The number of anilines is 1. The summed E-state index contributed by atoms with van der Waals surface area (Å²) in [6, 6.07) is 13.1. The van der Waals surface area contributed by atoms with E-state index < -0.39 is 0 Å². The van der Waals surface area contributed by atoms with E-state index in [1.54, 1.807) is 24.3 Å². The molecule has 0 aliphatic rings. The van der Waals surface area contributed by atoms with Crippen molar-refractivity contribution in [2.24, 2.45) is 0 Å². The van der Waals surface area contributed by atoms with Crippen LogP contribution in [-0.2, 0) is 4.79 Å². The van der Waals surface area contributed by atoms with Gasteiger partial charge in [0.15, 0.2) is 6.61 Å². The van der Waals surface area contributed by atoms with Crippen molar-refractivity contribution in [1.29, 1.82) is 0 Å². The van der Waals surface area contributed by atoms with E-state index in [1.807, 2.05) is 30.0 Å². The molecule has 0 bridgehead atoms. The first-order chi connectivity index (χ1) is 14.3. The van der Waals surface area contributed by atoms with Crippen molar-refractivity contribution < 1.29 is 14.3 Å². The minimum Gasteiger partial charge on any atom is -0.483 e. The first kappa shape index (κ1) is 23.5. The molecule has 1 N–H and O–H groups in total. The standard InChI is InChI=1S/C25H34N2O3/c1-6-13-27(14-7-2)25(29)20-9-8-10-21(16-20)26-24(28)17-30-23-15-19(5)11-12-22(23)18(3)4/h8-12,15-16,18H,6-7,13-14,17H2,1-5H3,(H,26,28). The minimum atomic E-state index is -0.255. The van der Waals surface area contributed by atoms with Crippen LogP contribution in [0.1, 0.15) is 67.9 Å². The second-order valence-corrected chi connectivity index (χ2v) is 7.91. The van der Waals surface area contributed by atoms with Gasteiger partial charge in [0.25, 0.3) is 11.8 Å². The molecule has 30 heavy (non-hydrogen) atoms. The van der Waals surface area contributed by atoms with Crippen LogP contribution in [0.2, 0.25) is 0 Å². The first-order valence-electron chi connectivity index (χ1n) is 10.8. The molecule has 2 rings (SSSR count). The molecule has 5 heteroatoms. The second-order valence-electron chi connectivity index (χ2n) is 7.91. The van der Waals surface area contributed by atoms with Gasteiger partial charge in [-0.05, 0) is 61.1 Å². The third-order valence-electron chi connectivity index (χ3n) is 4.82. The Morgan fingerprint density at radius 1 is 1.03 bits per heavy atom. The molecule has 0 atom stereocenters. The molecule has 0 fully saturated rings. The highest BCUT2D eigenvalue weighted by Gasteiger charge is 2.15. The van der Waals surface area contributed by atoms with Gasteiger partial charge in [0, 0.05) is 24.3 Å². The maximum absolute atomic E-state index is 12.8. The summed E-state index contributed by atoms with van der Waals surface area (Å²) in [7, 11) is 0. The fourth-order valence-electron chi connectivity index (χ4n) is 3.35. The minimum absolute atomic E-state index is 0.00705. The van der Waals surface area contributed by atoms with Crippen molar-refractivity contribution in [1.82, 2.24) is 4.90 Å². The largest absolute Gasteiger partial charge is 0.483 e. The lowest BCUT2D eigenvalue weighted by Gasteiger charge is -2.21. The Hall–Kier alpha value is -2.82. The molecule has 0 aliphatic heterocycles. The molecule has 2 aromatic carbocycles. The van der Waals surface area contributed by atoms with Crippen molar-refractivity contribution in [3.63, 3.8) is 0 Å². The van der Waals surface area contributed by atoms with Crippen molar-refractivity contribution in [3.05, 3.63) is 59.2 Å². The number of carbonyl (C=O) groups excluding carboxylic acids is 2. The van der Waals surface area contributed by atoms with Crippen molar-refractivity contribution in [3.8, 4) is 5.75 Å². The molecule has 0 unspecified atom stereocenters. The zero-order chi connectivity index (χ0) is 22.1. The number of aryl methyl sites for hydroxylation is 1. The van der Waals surface area contributed by atoms with E-state index in [9.17, 15) is 9.59 Å². The lowest BCUT2D eigenvalue weighted by molar-refractivity contribution is -0.118. The topological polar surface area (TPSA) is 58.6 Å². The Labute approximate surface area is 180 Å². The molecule has 5 nitrogen and oxygen atoms in total. The van der Waals surface area contributed by atoms with E-state index >= 15 is 0 Å². The van der Waals surface area contributed by atoms with Gasteiger partial charge in [-0.25, -0.2) is 0 Å². The third kappa shape index (κ3) is 6.61. The number of nitrogens with zero attached hydrogens (tertiary/aromatic N) is 1.